The first-order valence-electron chi connectivity index (χ1n) is 9.30. The quantitative estimate of drug-likeness (QED) is 0.627. The molecule has 4 nitrogen and oxygen atoms in total. The van der Waals surface area contributed by atoms with E-state index in [1.165, 1.54) is 32.4 Å². The first-order valence-corrected chi connectivity index (χ1v) is 9.30. The lowest BCUT2D eigenvalue weighted by Crippen LogP contribution is -2.19. The summed E-state index contributed by atoms with van der Waals surface area (Å²) in [6, 6.07) is 14.4. The molecular formula is C23H26N2O2. The molecule has 0 N–H and O–H groups in total. The highest BCUT2D eigenvalue weighted by molar-refractivity contribution is 5.71. The maximum absolute atomic E-state index is 12.6. The van der Waals surface area contributed by atoms with E-state index < -0.39 is 0 Å². The van der Waals surface area contributed by atoms with Crippen LogP contribution in [0.15, 0.2) is 54.9 Å². The van der Waals surface area contributed by atoms with Crippen LogP contribution in [0.25, 0.3) is 0 Å². The van der Waals surface area contributed by atoms with E-state index in [2.05, 4.69) is 56.9 Å². The number of imidazole rings is 1. The molecule has 0 unspecified atom stereocenters. The van der Waals surface area contributed by atoms with Crippen LogP contribution < -0.4 is 0 Å². The molecule has 3 aromatic rings. The van der Waals surface area contributed by atoms with Crippen molar-refractivity contribution in [1.82, 2.24) is 9.55 Å². The van der Waals surface area contributed by atoms with Gasteiger partial charge in [0.05, 0.1) is 6.61 Å². The molecule has 3 rings (SSSR count). The monoisotopic (exact) mass is 362 g/mol. The van der Waals surface area contributed by atoms with Crippen LogP contribution in [0.5, 0.6) is 0 Å². The Kier molecular flexibility index (Phi) is 5.75. The molecule has 0 aliphatic heterocycles. The minimum absolute atomic E-state index is 0.00353. The molecule has 1 aromatic heterocycles. The van der Waals surface area contributed by atoms with E-state index in [9.17, 15) is 4.79 Å². The zero-order chi connectivity index (χ0) is 19.4. The molecule has 0 aliphatic rings. The summed E-state index contributed by atoms with van der Waals surface area (Å²) in [4.78, 5) is 17.0. The number of hydrogen-bond donors (Lipinski definition) is 0. The van der Waals surface area contributed by atoms with Gasteiger partial charge in [-0.05, 0) is 48.6 Å². The molecule has 0 aliphatic carbocycles. The fraction of sp³-hybridized carbons (Fsp3) is 0.304. The Bertz CT molecular complexity index is 943. The van der Waals surface area contributed by atoms with Crippen molar-refractivity contribution in [2.45, 2.75) is 40.0 Å². The van der Waals surface area contributed by atoms with Crippen LogP contribution in [0.4, 0.5) is 4.79 Å². The Morgan fingerprint density at radius 3 is 2.59 bits per heavy atom. The highest BCUT2D eigenvalue weighted by atomic mass is 16.5. The van der Waals surface area contributed by atoms with Gasteiger partial charge in [-0.15, -0.1) is 0 Å². The van der Waals surface area contributed by atoms with E-state index in [0.29, 0.717) is 18.9 Å². The number of nitrogens with zero attached hydrogens (tertiary/aromatic N) is 2. The molecule has 0 saturated heterocycles. The average molecular weight is 362 g/mol. The average Bonchev–Trinajstić information content (AvgIpc) is 3.15. The summed E-state index contributed by atoms with van der Waals surface area (Å²) in [5.41, 5.74) is 6.04. The predicted octanol–water partition coefficient (Wildman–Crippen LogP) is 5.19. The number of rotatable bonds is 5. The van der Waals surface area contributed by atoms with Gasteiger partial charge in [-0.2, -0.15) is 0 Å². The Labute approximate surface area is 160 Å². The van der Waals surface area contributed by atoms with Crippen LogP contribution in [-0.4, -0.2) is 22.3 Å². The number of benzene rings is 2. The van der Waals surface area contributed by atoms with Crippen molar-refractivity contribution in [1.29, 1.82) is 0 Å². The Balaban J connectivity index is 1.71. The number of aromatic nitrogens is 2. The van der Waals surface area contributed by atoms with Crippen LogP contribution in [0.2, 0.25) is 0 Å². The molecule has 0 fully saturated rings. The number of ether oxygens (including phenoxy) is 1. The van der Waals surface area contributed by atoms with Crippen molar-refractivity contribution >= 4 is 6.09 Å². The van der Waals surface area contributed by atoms with Gasteiger partial charge in [-0.25, -0.2) is 14.3 Å². The summed E-state index contributed by atoms with van der Waals surface area (Å²) < 4.78 is 7.03. The van der Waals surface area contributed by atoms with Crippen LogP contribution in [0.1, 0.15) is 46.5 Å². The minimum atomic E-state index is -0.381. The second kappa shape index (κ2) is 8.21. The Morgan fingerprint density at radius 1 is 1.07 bits per heavy atom. The van der Waals surface area contributed by atoms with Gasteiger partial charge in [0, 0.05) is 24.7 Å². The zero-order valence-corrected chi connectivity index (χ0v) is 16.4. The maximum atomic E-state index is 12.6. The minimum Gasteiger partial charge on any atom is -0.449 e. The molecule has 0 spiro atoms. The number of hydrogen-bond acceptors (Lipinski definition) is 3. The van der Waals surface area contributed by atoms with Crippen LogP contribution in [0, 0.1) is 20.8 Å². The summed E-state index contributed by atoms with van der Waals surface area (Å²) in [6.45, 7) is 8.68. The van der Waals surface area contributed by atoms with Gasteiger partial charge in [-0.3, -0.25) is 0 Å². The molecule has 0 saturated carbocycles. The second-order valence-electron chi connectivity index (χ2n) is 6.96. The summed E-state index contributed by atoms with van der Waals surface area (Å²) in [6.07, 6.45) is 3.65. The van der Waals surface area contributed by atoms with Crippen LogP contribution in [-0.2, 0) is 11.2 Å². The van der Waals surface area contributed by atoms with Crippen molar-refractivity contribution in [2.75, 3.05) is 6.61 Å². The summed E-state index contributed by atoms with van der Waals surface area (Å²) in [5, 5.41) is 0. The topological polar surface area (TPSA) is 44.1 Å². The highest BCUT2D eigenvalue weighted by Gasteiger charge is 2.20. The normalized spacial score (nSPS) is 12.0. The van der Waals surface area contributed by atoms with E-state index >= 15 is 0 Å². The van der Waals surface area contributed by atoms with E-state index in [1.807, 2.05) is 18.2 Å². The molecule has 140 valence electrons. The predicted molar refractivity (Wildman–Crippen MR) is 107 cm³/mol. The summed E-state index contributed by atoms with van der Waals surface area (Å²) in [5.74, 6) is 0.702. The van der Waals surface area contributed by atoms with Crippen molar-refractivity contribution in [2.24, 2.45) is 0 Å². The molecule has 0 amide bonds. The van der Waals surface area contributed by atoms with E-state index in [1.54, 1.807) is 12.4 Å². The largest absolute Gasteiger partial charge is 0.449 e. The highest BCUT2D eigenvalue weighted by Crippen LogP contribution is 2.27. The standard InChI is InChI=1S/C23H26N2O2/c1-16-9-7-11-21(18(16)3)19(4)22-24-13-14-25(22)23(26)27-15-12-20-10-6-5-8-17(20)2/h5-11,13-14,19H,12,15H2,1-4H3/t19-/m0/s1. The fourth-order valence-corrected chi connectivity index (χ4v) is 3.38. The number of carbonyl (C=O) groups is 1. The first-order chi connectivity index (χ1) is 13.0. The van der Waals surface area contributed by atoms with Gasteiger partial charge < -0.3 is 4.74 Å². The molecule has 4 heteroatoms. The molecule has 0 radical (unpaired) electrons. The van der Waals surface area contributed by atoms with E-state index in [-0.39, 0.29) is 12.0 Å². The molecule has 0 bridgehead atoms. The molecular weight excluding hydrogens is 336 g/mol. The SMILES string of the molecule is Cc1ccccc1CCOC(=O)n1ccnc1[C@@H](C)c1cccc(C)c1C. The third-order valence-electron chi connectivity index (χ3n) is 5.22. The summed E-state index contributed by atoms with van der Waals surface area (Å²) in [7, 11) is 0. The van der Waals surface area contributed by atoms with Gasteiger partial charge in [0.15, 0.2) is 0 Å². The number of carbonyl (C=O) groups excluding carboxylic acids is 1. The Morgan fingerprint density at radius 2 is 1.81 bits per heavy atom. The zero-order valence-electron chi connectivity index (χ0n) is 16.4. The van der Waals surface area contributed by atoms with E-state index in [4.69, 9.17) is 4.74 Å². The summed E-state index contributed by atoms with van der Waals surface area (Å²) >= 11 is 0. The second-order valence-corrected chi connectivity index (χ2v) is 6.96. The lowest BCUT2D eigenvalue weighted by Gasteiger charge is -2.17. The van der Waals surface area contributed by atoms with Gasteiger partial charge >= 0.3 is 6.09 Å². The van der Waals surface area contributed by atoms with Crippen molar-refractivity contribution in [3.8, 4) is 0 Å². The van der Waals surface area contributed by atoms with Crippen molar-refractivity contribution in [3.63, 3.8) is 0 Å². The lowest BCUT2D eigenvalue weighted by molar-refractivity contribution is 0.148. The van der Waals surface area contributed by atoms with Crippen molar-refractivity contribution in [3.05, 3.63) is 88.5 Å². The number of aryl methyl sites for hydroxylation is 2. The fourth-order valence-electron chi connectivity index (χ4n) is 3.38. The van der Waals surface area contributed by atoms with Crippen LogP contribution >= 0.6 is 0 Å². The molecule has 2 aromatic carbocycles. The van der Waals surface area contributed by atoms with Crippen molar-refractivity contribution < 1.29 is 9.53 Å². The maximum Gasteiger partial charge on any atom is 0.419 e. The molecule has 1 atom stereocenters. The lowest BCUT2D eigenvalue weighted by atomic mass is 9.93. The third kappa shape index (κ3) is 4.11. The van der Waals surface area contributed by atoms with Gasteiger partial charge in [0.2, 0.25) is 0 Å². The Hall–Kier alpha value is -2.88. The molecule has 27 heavy (non-hydrogen) atoms. The van der Waals surface area contributed by atoms with Gasteiger partial charge in [0.1, 0.15) is 5.82 Å². The first kappa shape index (κ1) is 18.9. The third-order valence-corrected chi connectivity index (χ3v) is 5.22. The molecule has 1 heterocycles. The smallest absolute Gasteiger partial charge is 0.419 e. The van der Waals surface area contributed by atoms with Gasteiger partial charge in [0.25, 0.3) is 0 Å². The van der Waals surface area contributed by atoms with E-state index in [0.717, 1.165) is 0 Å². The van der Waals surface area contributed by atoms with Crippen LogP contribution in [0.3, 0.4) is 0 Å². The van der Waals surface area contributed by atoms with Gasteiger partial charge in [-0.1, -0.05) is 49.4 Å².